The lowest BCUT2D eigenvalue weighted by Crippen LogP contribution is -2.31. The SMILES string of the molecule is N#CC1C(=N)Oc2n[nH]c(-c3ccc(F)cc3)c2C1c1cccc(C(F)(F)F)c1. The van der Waals surface area contributed by atoms with Gasteiger partial charge in [0, 0.05) is 11.5 Å². The Labute approximate surface area is 162 Å². The van der Waals surface area contributed by atoms with E-state index in [-0.39, 0.29) is 11.4 Å². The number of nitrogens with one attached hydrogen (secondary N) is 2. The lowest BCUT2D eigenvalue weighted by atomic mass is 9.78. The molecule has 0 saturated carbocycles. The summed E-state index contributed by atoms with van der Waals surface area (Å²) in [5, 5.41) is 24.4. The first-order valence-electron chi connectivity index (χ1n) is 8.47. The Bertz CT molecular complexity index is 1130. The van der Waals surface area contributed by atoms with E-state index in [0.29, 0.717) is 16.8 Å². The van der Waals surface area contributed by atoms with E-state index < -0.39 is 35.3 Å². The Hall–Kier alpha value is -3.67. The number of ether oxygens (including phenoxy) is 1. The van der Waals surface area contributed by atoms with Gasteiger partial charge in [-0.05, 0) is 35.9 Å². The maximum atomic E-state index is 13.3. The van der Waals surface area contributed by atoms with Crippen molar-refractivity contribution in [3.8, 4) is 23.2 Å². The Kier molecular flexibility index (Phi) is 4.34. The number of fused-ring (bicyclic) bond motifs is 1. The number of hydrogen-bond donors (Lipinski definition) is 2. The number of aromatic nitrogens is 2. The second kappa shape index (κ2) is 6.74. The van der Waals surface area contributed by atoms with Crippen molar-refractivity contribution in [3.05, 3.63) is 71.0 Å². The maximum absolute atomic E-state index is 13.3. The van der Waals surface area contributed by atoms with E-state index in [4.69, 9.17) is 10.1 Å². The first-order chi connectivity index (χ1) is 13.8. The van der Waals surface area contributed by atoms with Crippen LogP contribution in [-0.2, 0) is 6.18 Å². The smallest absolute Gasteiger partial charge is 0.416 e. The fraction of sp³-hybridized carbons (Fsp3) is 0.150. The van der Waals surface area contributed by atoms with Crippen LogP contribution in [0.5, 0.6) is 5.88 Å². The number of nitrogens with zero attached hydrogens (tertiary/aromatic N) is 2. The molecule has 29 heavy (non-hydrogen) atoms. The van der Waals surface area contributed by atoms with Crippen molar-refractivity contribution >= 4 is 5.90 Å². The van der Waals surface area contributed by atoms with Crippen LogP contribution in [0.15, 0.2) is 48.5 Å². The fourth-order valence-corrected chi connectivity index (χ4v) is 3.42. The highest BCUT2D eigenvalue weighted by atomic mass is 19.4. The van der Waals surface area contributed by atoms with Crippen LogP contribution < -0.4 is 4.74 Å². The maximum Gasteiger partial charge on any atom is 0.416 e. The number of nitriles is 1. The van der Waals surface area contributed by atoms with Crippen molar-refractivity contribution in [2.75, 3.05) is 0 Å². The molecule has 2 unspecified atom stereocenters. The van der Waals surface area contributed by atoms with E-state index >= 15 is 0 Å². The summed E-state index contributed by atoms with van der Waals surface area (Å²) in [7, 11) is 0. The summed E-state index contributed by atoms with van der Waals surface area (Å²) in [5.41, 5.74) is 0.586. The fourth-order valence-electron chi connectivity index (χ4n) is 3.42. The lowest BCUT2D eigenvalue weighted by Gasteiger charge is -2.28. The topological polar surface area (TPSA) is 85.6 Å². The second-order valence-corrected chi connectivity index (χ2v) is 6.50. The highest BCUT2D eigenvalue weighted by Gasteiger charge is 2.41. The molecule has 1 aliphatic heterocycles. The van der Waals surface area contributed by atoms with Crippen LogP contribution in [0.1, 0.15) is 22.6 Å². The quantitative estimate of drug-likeness (QED) is 0.602. The van der Waals surface area contributed by atoms with Crippen LogP contribution in [0.25, 0.3) is 11.3 Å². The minimum atomic E-state index is -4.56. The van der Waals surface area contributed by atoms with Crippen LogP contribution in [0.4, 0.5) is 17.6 Å². The molecule has 2 atom stereocenters. The van der Waals surface area contributed by atoms with E-state index in [1.807, 2.05) is 6.07 Å². The van der Waals surface area contributed by atoms with Gasteiger partial charge < -0.3 is 4.74 Å². The Morgan fingerprint density at radius 2 is 1.86 bits per heavy atom. The molecule has 0 aliphatic carbocycles. The van der Waals surface area contributed by atoms with Crippen molar-refractivity contribution in [2.24, 2.45) is 5.92 Å². The highest BCUT2D eigenvalue weighted by molar-refractivity contribution is 5.86. The molecule has 0 bridgehead atoms. The second-order valence-electron chi connectivity index (χ2n) is 6.50. The molecule has 0 saturated heterocycles. The first-order valence-corrected chi connectivity index (χ1v) is 8.47. The van der Waals surface area contributed by atoms with Gasteiger partial charge >= 0.3 is 6.18 Å². The number of hydrogen-bond acceptors (Lipinski definition) is 4. The summed E-state index contributed by atoms with van der Waals surface area (Å²) < 4.78 is 58.3. The summed E-state index contributed by atoms with van der Waals surface area (Å²) in [4.78, 5) is 0. The molecule has 0 fully saturated rings. The molecule has 3 aromatic rings. The molecule has 9 heteroatoms. The lowest BCUT2D eigenvalue weighted by molar-refractivity contribution is -0.137. The number of benzene rings is 2. The van der Waals surface area contributed by atoms with E-state index in [1.165, 1.54) is 36.4 Å². The molecule has 2 aromatic carbocycles. The van der Waals surface area contributed by atoms with Gasteiger partial charge in [-0.15, -0.1) is 5.10 Å². The van der Waals surface area contributed by atoms with E-state index in [9.17, 15) is 22.8 Å². The zero-order valence-electron chi connectivity index (χ0n) is 14.6. The van der Waals surface area contributed by atoms with Crippen LogP contribution in [-0.4, -0.2) is 16.1 Å². The Morgan fingerprint density at radius 1 is 1.14 bits per heavy atom. The highest BCUT2D eigenvalue weighted by Crippen LogP contribution is 2.46. The molecule has 2 heterocycles. The number of rotatable bonds is 2. The number of H-pyrrole nitrogens is 1. The Morgan fingerprint density at radius 3 is 2.52 bits per heavy atom. The van der Waals surface area contributed by atoms with Crippen molar-refractivity contribution in [1.29, 1.82) is 10.7 Å². The largest absolute Gasteiger partial charge is 0.422 e. The Balaban J connectivity index is 1.92. The standard InChI is InChI=1S/C20H12F4N4O/c21-13-6-4-10(5-7-13)17-16-15(11-2-1-3-12(8-11)20(22,23)24)14(9-25)18(26)29-19(16)28-27-17/h1-8,14-15,26H,(H,27,28). The van der Waals surface area contributed by atoms with Gasteiger partial charge in [-0.2, -0.15) is 18.4 Å². The number of alkyl halides is 3. The van der Waals surface area contributed by atoms with Crippen molar-refractivity contribution in [2.45, 2.75) is 12.1 Å². The van der Waals surface area contributed by atoms with Crippen molar-refractivity contribution in [1.82, 2.24) is 10.2 Å². The molecule has 1 aromatic heterocycles. The number of halogens is 4. The third-order valence-electron chi connectivity index (χ3n) is 4.75. The predicted octanol–water partition coefficient (Wildman–Crippen LogP) is 4.88. The summed E-state index contributed by atoms with van der Waals surface area (Å²) in [5.74, 6) is -2.92. The van der Waals surface area contributed by atoms with Gasteiger partial charge in [0.15, 0.2) is 0 Å². The van der Waals surface area contributed by atoms with Crippen LogP contribution in [0.2, 0.25) is 0 Å². The van der Waals surface area contributed by atoms with Gasteiger partial charge in [0.25, 0.3) is 0 Å². The van der Waals surface area contributed by atoms with E-state index in [2.05, 4.69) is 10.2 Å². The van der Waals surface area contributed by atoms with Crippen molar-refractivity contribution < 1.29 is 22.3 Å². The average Bonchev–Trinajstić information content (AvgIpc) is 3.10. The summed E-state index contributed by atoms with van der Waals surface area (Å²) in [6.07, 6.45) is -4.56. The van der Waals surface area contributed by atoms with E-state index in [0.717, 1.165) is 12.1 Å². The first kappa shape index (κ1) is 18.7. The average molecular weight is 400 g/mol. The summed E-state index contributed by atoms with van der Waals surface area (Å²) in [6, 6.07) is 12.0. The van der Waals surface area contributed by atoms with Gasteiger partial charge in [0.05, 0.1) is 22.9 Å². The normalized spacial score (nSPS) is 18.7. The number of aromatic amines is 1. The van der Waals surface area contributed by atoms with Gasteiger partial charge in [-0.1, -0.05) is 18.2 Å². The molecule has 1 aliphatic rings. The van der Waals surface area contributed by atoms with Crippen LogP contribution in [0, 0.1) is 28.5 Å². The molecule has 146 valence electrons. The van der Waals surface area contributed by atoms with Gasteiger partial charge in [-0.25, -0.2) is 4.39 Å². The molecule has 2 N–H and O–H groups in total. The van der Waals surface area contributed by atoms with Gasteiger partial charge in [0.2, 0.25) is 11.8 Å². The molecule has 0 amide bonds. The van der Waals surface area contributed by atoms with Crippen molar-refractivity contribution in [3.63, 3.8) is 0 Å². The van der Waals surface area contributed by atoms with Crippen LogP contribution in [0.3, 0.4) is 0 Å². The summed E-state index contributed by atoms with van der Waals surface area (Å²) in [6.45, 7) is 0. The molecule has 5 nitrogen and oxygen atoms in total. The monoisotopic (exact) mass is 400 g/mol. The molecule has 0 radical (unpaired) electrons. The molecular formula is C20H12F4N4O. The minimum absolute atomic E-state index is 0.00300. The zero-order chi connectivity index (χ0) is 20.8. The third kappa shape index (κ3) is 3.23. The molecule has 0 spiro atoms. The molecular weight excluding hydrogens is 388 g/mol. The predicted molar refractivity (Wildman–Crippen MR) is 94.7 cm³/mol. The van der Waals surface area contributed by atoms with Gasteiger partial charge in [0.1, 0.15) is 11.7 Å². The third-order valence-corrected chi connectivity index (χ3v) is 4.75. The zero-order valence-corrected chi connectivity index (χ0v) is 14.6. The van der Waals surface area contributed by atoms with E-state index in [1.54, 1.807) is 0 Å². The van der Waals surface area contributed by atoms with Gasteiger partial charge in [-0.3, -0.25) is 10.5 Å². The van der Waals surface area contributed by atoms with Crippen LogP contribution >= 0.6 is 0 Å². The molecule has 4 rings (SSSR count). The minimum Gasteiger partial charge on any atom is -0.422 e. The summed E-state index contributed by atoms with van der Waals surface area (Å²) >= 11 is 0.